The van der Waals surface area contributed by atoms with Gasteiger partial charge in [0.05, 0.1) is 13.7 Å². The summed E-state index contributed by atoms with van der Waals surface area (Å²) < 4.78 is 10.5. The monoisotopic (exact) mass is 367 g/mol. The molecule has 0 aliphatic heterocycles. The van der Waals surface area contributed by atoms with E-state index >= 15 is 0 Å². The maximum atomic E-state index is 12.9. The van der Waals surface area contributed by atoms with Crippen molar-refractivity contribution in [3.8, 4) is 5.75 Å². The van der Waals surface area contributed by atoms with Gasteiger partial charge in [-0.2, -0.15) is 0 Å². The first kappa shape index (κ1) is 19.4. The number of methoxy groups -OCH3 is 2. The first-order valence-electron chi connectivity index (χ1n) is 9.68. The molecule has 144 valence electrons. The lowest BCUT2D eigenvalue weighted by Crippen LogP contribution is -2.42. The van der Waals surface area contributed by atoms with E-state index in [0.29, 0.717) is 18.7 Å². The van der Waals surface area contributed by atoms with Crippen LogP contribution in [0.3, 0.4) is 0 Å². The molecule has 27 heavy (non-hydrogen) atoms. The fraction of sp³-hybridized carbons (Fsp3) is 0.435. The van der Waals surface area contributed by atoms with E-state index in [9.17, 15) is 4.79 Å². The van der Waals surface area contributed by atoms with Crippen LogP contribution in [0.4, 0.5) is 0 Å². The number of hydrogen-bond acceptors (Lipinski definition) is 3. The molecular formula is C23H29NO3. The van der Waals surface area contributed by atoms with Crippen molar-refractivity contribution in [2.75, 3.05) is 20.8 Å². The van der Waals surface area contributed by atoms with E-state index in [4.69, 9.17) is 9.47 Å². The van der Waals surface area contributed by atoms with Gasteiger partial charge in [0.25, 0.3) is 5.91 Å². The highest BCUT2D eigenvalue weighted by atomic mass is 16.5. The first-order chi connectivity index (χ1) is 13.2. The molecule has 1 fully saturated rings. The van der Waals surface area contributed by atoms with Gasteiger partial charge in [-0.15, -0.1) is 0 Å². The Kier molecular flexibility index (Phi) is 6.51. The van der Waals surface area contributed by atoms with E-state index in [0.717, 1.165) is 24.2 Å². The lowest BCUT2D eigenvalue weighted by atomic mass is 9.69. The molecule has 0 saturated heterocycles. The Balaban J connectivity index is 1.78. The quantitative estimate of drug-likeness (QED) is 0.785. The van der Waals surface area contributed by atoms with Gasteiger partial charge in [0.1, 0.15) is 5.75 Å². The summed E-state index contributed by atoms with van der Waals surface area (Å²) >= 11 is 0. The van der Waals surface area contributed by atoms with Gasteiger partial charge >= 0.3 is 0 Å². The number of carbonyl (C=O) groups is 1. The standard InChI is InChI=1S/C23H29NO3/c1-26-16-18-8-4-5-9-21(18)22(25)24-17-23(14-6-3-7-15-23)19-10-12-20(27-2)13-11-19/h4-5,8-13H,3,6-7,14-17H2,1-2H3,(H,24,25). The number of benzene rings is 2. The third-order valence-corrected chi connectivity index (χ3v) is 5.66. The smallest absolute Gasteiger partial charge is 0.251 e. The Labute approximate surface area is 161 Å². The molecule has 4 heteroatoms. The molecular weight excluding hydrogens is 338 g/mol. The third kappa shape index (κ3) is 4.51. The minimum absolute atomic E-state index is 0.00359. The van der Waals surface area contributed by atoms with Crippen LogP contribution in [0.5, 0.6) is 5.75 Å². The van der Waals surface area contributed by atoms with Crippen LogP contribution in [0.25, 0.3) is 0 Å². The summed E-state index contributed by atoms with van der Waals surface area (Å²) in [6.07, 6.45) is 5.85. The van der Waals surface area contributed by atoms with Gasteiger partial charge in [-0.3, -0.25) is 4.79 Å². The van der Waals surface area contributed by atoms with Crippen LogP contribution >= 0.6 is 0 Å². The number of carbonyl (C=O) groups excluding carboxylic acids is 1. The predicted octanol–water partition coefficient (Wildman–Crippen LogP) is 4.47. The molecule has 1 aliphatic rings. The maximum Gasteiger partial charge on any atom is 0.251 e. The molecule has 0 bridgehead atoms. The zero-order valence-corrected chi connectivity index (χ0v) is 16.3. The Morgan fingerprint density at radius 2 is 1.70 bits per heavy atom. The summed E-state index contributed by atoms with van der Waals surface area (Å²) in [7, 11) is 3.33. The fourth-order valence-corrected chi connectivity index (χ4v) is 4.11. The van der Waals surface area contributed by atoms with Crippen LogP contribution in [0.1, 0.15) is 53.6 Å². The zero-order valence-electron chi connectivity index (χ0n) is 16.3. The molecule has 3 rings (SSSR count). The van der Waals surface area contributed by atoms with Gasteiger partial charge in [0.2, 0.25) is 0 Å². The number of nitrogens with one attached hydrogen (secondary N) is 1. The third-order valence-electron chi connectivity index (χ3n) is 5.66. The molecule has 1 aliphatic carbocycles. The summed E-state index contributed by atoms with van der Waals surface area (Å²) in [5, 5.41) is 3.21. The van der Waals surface area contributed by atoms with E-state index in [1.807, 2.05) is 36.4 Å². The minimum atomic E-state index is -0.0267. The van der Waals surface area contributed by atoms with Crippen LogP contribution in [0.15, 0.2) is 48.5 Å². The summed E-state index contributed by atoms with van der Waals surface area (Å²) in [5.74, 6) is 0.836. The van der Waals surface area contributed by atoms with Crippen LogP contribution in [0.2, 0.25) is 0 Å². The van der Waals surface area contributed by atoms with E-state index in [1.165, 1.54) is 24.8 Å². The first-order valence-corrected chi connectivity index (χ1v) is 9.68. The largest absolute Gasteiger partial charge is 0.497 e. The SMILES string of the molecule is COCc1ccccc1C(=O)NCC1(c2ccc(OC)cc2)CCCCC1. The Bertz CT molecular complexity index is 748. The minimum Gasteiger partial charge on any atom is -0.497 e. The molecule has 0 unspecified atom stereocenters. The Hall–Kier alpha value is -2.33. The molecule has 1 N–H and O–H groups in total. The predicted molar refractivity (Wildman–Crippen MR) is 107 cm³/mol. The van der Waals surface area contributed by atoms with Gasteiger partial charge in [0, 0.05) is 24.6 Å². The summed E-state index contributed by atoms with van der Waals surface area (Å²) in [6.45, 7) is 1.09. The van der Waals surface area contributed by atoms with Crippen LogP contribution in [-0.4, -0.2) is 26.7 Å². The van der Waals surface area contributed by atoms with Crippen molar-refractivity contribution in [2.24, 2.45) is 0 Å². The van der Waals surface area contributed by atoms with Crippen molar-refractivity contribution in [3.63, 3.8) is 0 Å². The second-order valence-electron chi connectivity index (χ2n) is 7.34. The summed E-state index contributed by atoms with van der Waals surface area (Å²) in [6, 6.07) is 16.0. The van der Waals surface area contributed by atoms with Crippen molar-refractivity contribution in [3.05, 3.63) is 65.2 Å². The molecule has 0 radical (unpaired) electrons. The number of ether oxygens (including phenoxy) is 2. The topological polar surface area (TPSA) is 47.6 Å². The van der Waals surface area contributed by atoms with Crippen molar-refractivity contribution >= 4 is 5.91 Å². The maximum absolute atomic E-state index is 12.9. The number of rotatable bonds is 7. The number of amides is 1. The van der Waals surface area contributed by atoms with Crippen molar-refractivity contribution in [1.82, 2.24) is 5.32 Å². The molecule has 0 heterocycles. The molecule has 0 atom stereocenters. The Morgan fingerprint density at radius 3 is 2.37 bits per heavy atom. The van der Waals surface area contributed by atoms with Gasteiger partial charge in [-0.05, 0) is 42.2 Å². The molecule has 2 aromatic rings. The summed E-state index contributed by atoms with van der Waals surface area (Å²) in [4.78, 5) is 12.9. The van der Waals surface area contributed by atoms with Crippen molar-refractivity contribution in [2.45, 2.75) is 44.1 Å². The molecule has 2 aromatic carbocycles. The van der Waals surface area contributed by atoms with Crippen LogP contribution in [0, 0.1) is 0 Å². The van der Waals surface area contributed by atoms with Crippen LogP contribution < -0.4 is 10.1 Å². The second kappa shape index (κ2) is 9.05. The Morgan fingerprint density at radius 1 is 1.00 bits per heavy atom. The van der Waals surface area contributed by atoms with Crippen molar-refractivity contribution < 1.29 is 14.3 Å². The van der Waals surface area contributed by atoms with Gasteiger partial charge in [0.15, 0.2) is 0 Å². The van der Waals surface area contributed by atoms with Gasteiger partial charge < -0.3 is 14.8 Å². The molecule has 1 amide bonds. The van der Waals surface area contributed by atoms with E-state index in [-0.39, 0.29) is 11.3 Å². The molecule has 0 spiro atoms. The highest BCUT2D eigenvalue weighted by molar-refractivity contribution is 5.95. The zero-order chi connectivity index (χ0) is 19.1. The number of hydrogen-bond donors (Lipinski definition) is 1. The normalized spacial score (nSPS) is 15.9. The average molecular weight is 367 g/mol. The van der Waals surface area contributed by atoms with Gasteiger partial charge in [-0.1, -0.05) is 49.6 Å². The van der Waals surface area contributed by atoms with E-state index in [2.05, 4.69) is 17.4 Å². The molecule has 0 aromatic heterocycles. The lowest BCUT2D eigenvalue weighted by Gasteiger charge is -2.38. The van der Waals surface area contributed by atoms with E-state index < -0.39 is 0 Å². The van der Waals surface area contributed by atoms with Crippen molar-refractivity contribution in [1.29, 1.82) is 0 Å². The molecule has 4 nitrogen and oxygen atoms in total. The second-order valence-corrected chi connectivity index (χ2v) is 7.34. The average Bonchev–Trinajstić information content (AvgIpc) is 2.73. The molecule has 1 saturated carbocycles. The fourth-order valence-electron chi connectivity index (χ4n) is 4.11. The summed E-state index contributed by atoms with van der Waals surface area (Å²) in [5.41, 5.74) is 2.89. The van der Waals surface area contributed by atoms with E-state index in [1.54, 1.807) is 14.2 Å². The highest BCUT2D eigenvalue weighted by Crippen LogP contribution is 2.39. The van der Waals surface area contributed by atoms with Gasteiger partial charge in [-0.25, -0.2) is 0 Å². The highest BCUT2D eigenvalue weighted by Gasteiger charge is 2.34. The lowest BCUT2D eigenvalue weighted by molar-refractivity contribution is 0.0931. The van der Waals surface area contributed by atoms with Crippen LogP contribution in [-0.2, 0) is 16.8 Å².